The summed E-state index contributed by atoms with van der Waals surface area (Å²) in [5.74, 6) is 0.347. The van der Waals surface area contributed by atoms with Crippen LogP contribution in [0, 0.1) is 0 Å². The van der Waals surface area contributed by atoms with Crippen molar-refractivity contribution in [1.82, 2.24) is 0 Å². The molecule has 0 unspecified atom stereocenters. The summed E-state index contributed by atoms with van der Waals surface area (Å²) >= 11 is 1.61. The summed E-state index contributed by atoms with van der Waals surface area (Å²) in [4.78, 5) is 10.5. The molecule has 0 rings (SSSR count). The van der Waals surface area contributed by atoms with Gasteiger partial charge in [-0.1, -0.05) is 0 Å². The molecule has 0 amide bonds. The van der Waals surface area contributed by atoms with E-state index in [1.807, 2.05) is 0 Å². The van der Waals surface area contributed by atoms with E-state index < -0.39 is 39.7 Å². The Morgan fingerprint density at radius 3 is 1.44 bits per heavy atom. The van der Waals surface area contributed by atoms with Gasteiger partial charge in [0.1, 0.15) is 0 Å². The molecule has 0 radical (unpaired) electrons. The van der Waals surface area contributed by atoms with Crippen LogP contribution in [0.1, 0.15) is 6.42 Å². The van der Waals surface area contributed by atoms with Gasteiger partial charge in [-0.15, -0.1) is 0 Å². The van der Waals surface area contributed by atoms with Crippen molar-refractivity contribution in [3.8, 4) is 0 Å². The van der Waals surface area contributed by atoms with E-state index in [-0.39, 0.29) is 36.0 Å². The predicted octanol–water partition coefficient (Wildman–Crippen LogP) is 0.357. The van der Waals surface area contributed by atoms with Crippen molar-refractivity contribution in [2.45, 2.75) is 71.4 Å². The summed E-state index contributed by atoms with van der Waals surface area (Å²) in [7, 11) is -8.28. The Kier molecular flexibility index (Phi) is 13.3. The van der Waals surface area contributed by atoms with E-state index >= 15 is 0 Å². The van der Waals surface area contributed by atoms with Crippen LogP contribution in [0.25, 0.3) is 0 Å². The Morgan fingerprint density at radius 1 is 0.800 bits per heavy atom. The van der Waals surface area contributed by atoms with Crippen LogP contribution < -0.4 is 34.7 Å². The van der Waals surface area contributed by atoms with Gasteiger partial charge in [0.05, 0.1) is 0 Å². The molecule has 0 aliphatic carbocycles. The van der Waals surface area contributed by atoms with Gasteiger partial charge in [-0.3, -0.25) is 0 Å². The number of carboxylic acid groups (broad SMARTS) is 1. The third-order valence-electron chi connectivity index (χ3n) is 2.39. The predicted molar refractivity (Wildman–Crippen MR) is 111 cm³/mol. The zero-order valence-electron chi connectivity index (χ0n) is 17.8. The Hall–Kier alpha value is 1.57. The second-order valence-corrected chi connectivity index (χ2v) is 27.0. The maximum Gasteiger partial charge on any atom is 1.00 e. The van der Waals surface area contributed by atoms with Gasteiger partial charge in [-0.25, -0.2) is 0 Å². The minimum Gasteiger partial charge on any atom is -0.550 e. The van der Waals surface area contributed by atoms with E-state index in [4.69, 9.17) is 12.3 Å². The van der Waals surface area contributed by atoms with Crippen LogP contribution >= 0.6 is 11.8 Å². The third kappa shape index (κ3) is 17.4. The SMILES string of the molecule is C[Si](C)(C)O[Si](CCSCCC(=O)[O-])(O[Si](C)(C)C)O[Si](C)(C)C.[Na+]. The third-order valence-corrected chi connectivity index (χ3v) is 15.7. The summed E-state index contributed by atoms with van der Waals surface area (Å²) in [5.41, 5.74) is 0. The molecule has 11 heteroatoms. The van der Waals surface area contributed by atoms with E-state index in [0.717, 1.165) is 11.8 Å². The zero-order chi connectivity index (χ0) is 19.2. The topological polar surface area (TPSA) is 67.8 Å². The van der Waals surface area contributed by atoms with Gasteiger partial charge in [0.15, 0.2) is 25.0 Å². The van der Waals surface area contributed by atoms with E-state index in [9.17, 15) is 9.90 Å². The number of carbonyl (C=O) groups excluding carboxylic acids is 1. The number of hydrogen-bond donors (Lipinski definition) is 0. The van der Waals surface area contributed by atoms with Crippen molar-refractivity contribution in [3.63, 3.8) is 0 Å². The first-order valence-electron chi connectivity index (χ1n) is 8.42. The van der Waals surface area contributed by atoms with E-state index in [1.54, 1.807) is 11.8 Å². The zero-order valence-corrected chi connectivity index (χ0v) is 24.6. The van der Waals surface area contributed by atoms with Crippen LogP contribution in [-0.2, 0) is 17.1 Å². The average molecular weight is 451 g/mol. The Labute approximate surface area is 185 Å². The summed E-state index contributed by atoms with van der Waals surface area (Å²) < 4.78 is 19.7. The molecule has 0 saturated carbocycles. The molecule has 0 N–H and O–H groups in total. The van der Waals surface area contributed by atoms with Crippen molar-refractivity contribution >= 4 is 51.5 Å². The molecule has 0 aromatic carbocycles. The molecular formula is C14H35NaO5SSi4. The standard InChI is InChI=1S/C14H36O5SSi4.Na/c1-21(2,3)17-24(18-22(4,5)6,19-23(7,8)9)13-12-20-11-10-14(15)16;/h10-13H2,1-9H3,(H,15,16);/q;+1/p-1. The van der Waals surface area contributed by atoms with Gasteiger partial charge in [0.25, 0.3) is 0 Å². The molecule has 0 aromatic heterocycles. The summed E-state index contributed by atoms with van der Waals surface area (Å²) in [6, 6.07) is 0.740. The number of carboxylic acids is 1. The normalized spacial score (nSPS) is 13.5. The summed E-state index contributed by atoms with van der Waals surface area (Å²) in [6.07, 6.45) is 0.0812. The molecule has 0 bridgehead atoms. The molecule has 0 spiro atoms. The van der Waals surface area contributed by atoms with Gasteiger partial charge in [0, 0.05) is 12.0 Å². The van der Waals surface area contributed by atoms with Crippen LogP contribution in [0.5, 0.6) is 0 Å². The van der Waals surface area contributed by atoms with Gasteiger partial charge in [0.2, 0.25) is 0 Å². The fraction of sp³-hybridized carbons (Fsp3) is 0.929. The van der Waals surface area contributed by atoms with Crippen LogP contribution in [0.15, 0.2) is 0 Å². The molecule has 0 atom stereocenters. The fourth-order valence-electron chi connectivity index (χ4n) is 2.07. The number of carbonyl (C=O) groups is 1. The molecule has 0 aliphatic heterocycles. The second kappa shape index (κ2) is 11.5. The quantitative estimate of drug-likeness (QED) is 0.316. The molecule has 144 valence electrons. The molecule has 0 aliphatic rings. The number of aliphatic carboxylic acids is 1. The molecule has 0 aromatic rings. The van der Waals surface area contributed by atoms with Gasteiger partial charge >= 0.3 is 38.4 Å². The maximum atomic E-state index is 10.5. The second-order valence-electron chi connectivity index (χ2n) is 8.81. The monoisotopic (exact) mass is 450 g/mol. The van der Waals surface area contributed by atoms with Crippen LogP contribution in [0.2, 0.25) is 65.0 Å². The number of rotatable bonds is 12. The number of hydrogen-bond acceptors (Lipinski definition) is 6. The molecule has 25 heavy (non-hydrogen) atoms. The first-order valence-corrected chi connectivity index (χ1v) is 21.7. The maximum absolute atomic E-state index is 10.5. The number of thioether (sulfide) groups is 1. The average Bonchev–Trinajstić information content (AvgIpc) is 2.19. The summed E-state index contributed by atoms with van der Waals surface area (Å²) in [5, 5.41) is 10.5. The largest absolute Gasteiger partial charge is 1.00 e. The van der Waals surface area contributed by atoms with Crippen molar-refractivity contribution in [2.24, 2.45) is 0 Å². The van der Waals surface area contributed by atoms with Crippen LogP contribution in [-0.4, -0.2) is 51.2 Å². The Morgan fingerprint density at radius 2 is 1.16 bits per heavy atom. The molecule has 0 fully saturated rings. The Bertz CT molecular complexity index is 367. The van der Waals surface area contributed by atoms with Crippen molar-refractivity contribution < 1.29 is 51.8 Å². The van der Waals surface area contributed by atoms with E-state index in [1.165, 1.54) is 0 Å². The first kappa shape index (κ1) is 28.8. The first-order chi connectivity index (χ1) is 10.5. The molecular weight excluding hydrogens is 416 g/mol. The van der Waals surface area contributed by atoms with Gasteiger partial charge < -0.3 is 22.2 Å². The Balaban J connectivity index is 0. The van der Waals surface area contributed by atoms with Gasteiger partial charge in [-0.05, 0) is 76.8 Å². The van der Waals surface area contributed by atoms with E-state index in [0.29, 0.717) is 5.75 Å². The van der Waals surface area contributed by atoms with E-state index in [2.05, 4.69) is 58.9 Å². The van der Waals surface area contributed by atoms with Crippen molar-refractivity contribution in [3.05, 3.63) is 0 Å². The van der Waals surface area contributed by atoms with Crippen molar-refractivity contribution in [1.29, 1.82) is 0 Å². The van der Waals surface area contributed by atoms with Gasteiger partial charge in [-0.2, -0.15) is 11.8 Å². The smallest absolute Gasteiger partial charge is 0.550 e. The summed E-state index contributed by atoms with van der Waals surface area (Å²) in [6.45, 7) is 19.5. The minimum absolute atomic E-state index is 0. The fourth-order valence-corrected chi connectivity index (χ4v) is 18.2. The molecule has 5 nitrogen and oxygen atoms in total. The van der Waals surface area contributed by atoms with Crippen molar-refractivity contribution in [2.75, 3.05) is 11.5 Å². The van der Waals surface area contributed by atoms with Crippen LogP contribution in [0.4, 0.5) is 0 Å². The van der Waals surface area contributed by atoms with Crippen LogP contribution in [0.3, 0.4) is 0 Å². The molecule has 0 saturated heterocycles. The molecule has 0 heterocycles. The minimum atomic E-state index is -2.78.